The molecule has 20 heavy (non-hydrogen) atoms. The number of rotatable bonds is 7. The van der Waals surface area contributed by atoms with Gasteiger partial charge in [-0.15, -0.1) is 0 Å². The van der Waals surface area contributed by atoms with Gasteiger partial charge in [0.1, 0.15) is 0 Å². The number of benzene rings is 1. The molecule has 0 radical (unpaired) electrons. The Bertz CT molecular complexity index is 509. The lowest BCUT2D eigenvalue weighted by Gasteiger charge is -2.27. The molecule has 108 valence electrons. The van der Waals surface area contributed by atoms with Crippen molar-refractivity contribution >= 4 is 0 Å². The van der Waals surface area contributed by atoms with Crippen molar-refractivity contribution in [2.24, 2.45) is 7.05 Å². The topological polar surface area (TPSA) is 39.1 Å². The normalized spacial score (nSPS) is 14.2. The van der Waals surface area contributed by atoms with E-state index in [2.05, 4.69) is 40.9 Å². The lowest BCUT2D eigenvalue weighted by Crippen LogP contribution is -2.35. The van der Waals surface area contributed by atoms with Gasteiger partial charge in [-0.3, -0.25) is 4.68 Å². The molecule has 0 fully saturated rings. The summed E-state index contributed by atoms with van der Waals surface area (Å²) >= 11 is 0. The molecule has 1 aromatic carbocycles. The largest absolute Gasteiger partial charge is 0.372 e. The molecule has 1 aromatic heterocycles. The zero-order valence-electron chi connectivity index (χ0n) is 12.4. The van der Waals surface area contributed by atoms with Gasteiger partial charge in [0.2, 0.25) is 0 Å². The summed E-state index contributed by atoms with van der Waals surface area (Å²) in [7, 11) is 3.92. The maximum absolute atomic E-state index is 5.97. The fraction of sp³-hybridized carbons (Fsp3) is 0.438. The molecule has 4 heteroatoms. The van der Waals surface area contributed by atoms with E-state index in [1.165, 1.54) is 11.1 Å². The molecule has 0 aliphatic carbocycles. The molecule has 2 aromatic rings. The second-order valence-electron chi connectivity index (χ2n) is 4.91. The molecule has 0 amide bonds. The van der Waals surface area contributed by atoms with Gasteiger partial charge in [0.15, 0.2) is 0 Å². The van der Waals surface area contributed by atoms with Gasteiger partial charge in [-0.25, -0.2) is 0 Å². The smallest absolute Gasteiger partial charge is 0.0980 e. The highest BCUT2D eigenvalue weighted by Crippen LogP contribution is 2.23. The summed E-state index contributed by atoms with van der Waals surface area (Å²) in [5.41, 5.74) is 2.42. The van der Waals surface area contributed by atoms with E-state index in [9.17, 15) is 0 Å². The van der Waals surface area contributed by atoms with Crippen LogP contribution in [0.4, 0.5) is 0 Å². The van der Waals surface area contributed by atoms with Crippen molar-refractivity contribution in [3.63, 3.8) is 0 Å². The first-order chi connectivity index (χ1) is 9.74. The van der Waals surface area contributed by atoms with E-state index in [1.807, 2.05) is 38.0 Å². The van der Waals surface area contributed by atoms with Crippen molar-refractivity contribution in [3.8, 4) is 0 Å². The summed E-state index contributed by atoms with van der Waals surface area (Å²) in [5.74, 6) is 0. The molecule has 0 saturated heterocycles. The third kappa shape index (κ3) is 3.68. The summed E-state index contributed by atoms with van der Waals surface area (Å²) in [5, 5.41) is 7.61. The number of hydrogen-bond acceptors (Lipinski definition) is 3. The van der Waals surface area contributed by atoms with E-state index in [0.717, 1.165) is 6.42 Å². The van der Waals surface area contributed by atoms with Gasteiger partial charge in [0.25, 0.3) is 0 Å². The Morgan fingerprint density at radius 2 is 2.05 bits per heavy atom. The van der Waals surface area contributed by atoms with E-state index in [1.54, 1.807) is 0 Å². The van der Waals surface area contributed by atoms with Crippen LogP contribution in [0.5, 0.6) is 0 Å². The molecule has 1 N–H and O–H groups in total. The first-order valence-corrected chi connectivity index (χ1v) is 7.06. The quantitative estimate of drug-likeness (QED) is 0.841. The highest BCUT2D eigenvalue weighted by molar-refractivity contribution is 5.20. The van der Waals surface area contributed by atoms with Crippen molar-refractivity contribution < 1.29 is 4.74 Å². The van der Waals surface area contributed by atoms with Crippen LogP contribution in [0.2, 0.25) is 0 Å². The fourth-order valence-corrected chi connectivity index (χ4v) is 2.46. The molecular formula is C16H23N3O. The van der Waals surface area contributed by atoms with Gasteiger partial charge in [-0.05, 0) is 31.5 Å². The first kappa shape index (κ1) is 14.8. The molecule has 0 aliphatic rings. The van der Waals surface area contributed by atoms with Crippen LogP contribution >= 0.6 is 0 Å². The van der Waals surface area contributed by atoms with Crippen LogP contribution in [0.3, 0.4) is 0 Å². The van der Waals surface area contributed by atoms with Gasteiger partial charge in [0.05, 0.1) is 12.3 Å². The predicted octanol–water partition coefficient (Wildman–Crippen LogP) is 2.33. The van der Waals surface area contributed by atoms with Crippen LogP contribution in [-0.2, 0) is 18.2 Å². The van der Waals surface area contributed by atoms with E-state index in [-0.39, 0.29) is 12.1 Å². The van der Waals surface area contributed by atoms with Crippen LogP contribution in [0.25, 0.3) is 0 Å². The van der Waals surface area contributed by atoms with Gasteiger partial charge >= 0.3 is 0 Å². The Morgan fingerprint density at radius 3 is 2.60 bits per heavy atom. The number of nitrogens with one attached hydrogen (secondary N) is 1. The average molecular weight is 273 g/mol. The zero-order valence-corrected chi connectivity index (χ0v) is 12.4. The standard InChI is InChI=1S/C16H23N3O/c1-4-20-16(14-8-6-5-7-9-14)15(17-2)10-13-11-18-19(3)12-13/h5-9,11-12,15-17H,4,10H2,1-3H3. The van der Waals surface area contributed by atoms with E-state index >= 15 is 0 Å². The molecule has 0 bridgehead atoms. The van der Waals surface area contributed by atoms with Gasteiger partial charge < -0.3 is 10.1 Å². The Labute approximate surface area is 120 Å². The zero-order chi connectivity index (χ0) is 14.4. The van der Waals surface area contributed by atoms with Crippen molar-refractivity contribution in [1.82, 2.24) is 15.1 Å². The summed E-state index contributed by atoms with van der Waals surface area (Å²) in [4.78, 5) is 0. The van der Waals surface area contributed by atoms with Crippen molar-refractivity contribution in [2.75, 3.05) is 13.7 Å². The maximum Gasteiger partial charge on any atom is 0.0980 e. The molecule has 2 unspecified atom stereocenters. The Morgan fingerprint density at radius 1 is 1.30 bits per heavy atom. The molecule has 0 aliphatic heterocycles. The summed E-state index contributed by atoms with van der Waals surface area (Å²) in [6.07, 6.45) is 4.91. The van der Waals surface area contributed by atoms with Crippen LogP contribution in [0, 0.1) is 0 Å². The van der Waals surface area contributed by atoms with Crippen molar-refractivity contribution in [1.29, 1.82) is 0 Å². The SMILES string of the molecule is CCOC(c1ccccc1)C(Cc1cnn(C)c1)NC. The molecule has 2 atom stereocenters. The summed E-state index contributed by atoms with van der Waals surface area (Å²) in [6, 6.07) is 10.6. The van der Waals surface area contributed by atoms with E-state index in [4.69, 9.17) is 4.74 Å². The van der Waals surface area contributed by atoms with Crippen LogP contribution < -0.4 is 5.32 Å². The number of aromatic nitrogens is 2. The lowest BCUT2D eigenvalue weighted by molar-refractivity contribution is 0.0352. The number of ether oxygens (including phenoxy) is 1. The molecule has 2 rings (SSSR count). The molecular weight excluding hydrogens is 250 g/mol. The molecule has 1 heterocycles. The van der Waals surface area contributed by atoms with Gasteiger partial charge in [-0.1, -0.05) is 30.3 Å². The number of hydrogen-bond donors (Lipinski definition) is 1. The number of nitrogens with zero attached hydrogens (tertiary/aromatic N) is 2. The number of aryl methyl sites for hydroxylation is 1. The van der Waals surface area contributed by atoms with E-state index in [0.29, 0.717) is 6.61 Å². The predicted molar refractivity (Wildman–Crippen MR) is 80.6 cm³/mol. The Balaban J connectivity index is 2.17. The van der Waals surface area contributed by atoms with E-state index < -0.39 is 0 Å². The lowest BCUT2D eigenvalue weighted by atomic mass is 9.97. The minimum Gasteiger partial charge on any atom is -0.372 e. The average Bonchev–Trinajstić information content (AvgIpc) is 2.89. The summed E-state index contributed by atoms with van der Waals surface area (Å²) < 4.78 is 7.80. The third-order valence-corrected chi connectivity index (χ3v) is 3.42. The van der Waals surface area contributed by atoms with Crippen molar-refractivity contribution in [2.45, 2.75) is 25.5 Å². The second kappa shape index (κ2) is 7.22. The van der Waals surface area contributed by atoms with Gasteiger partial charge in [-0.2, -0.15) is 5.10 Å². The van der Waals surface area contributed by atoms with Gasteiger partial charge in [0, 0.05) is 25.9 Å². The molecule has 4 nitrogen and oxygen atoms in total. The Hall–Kier alpha value is -1.65. The fourth-order valence-electron chi connectivity index (χ4n) is 2.46. The number of likely N-dealkylation sites (N-methyl/N-ethyl adjacent to an activating group) is 1. The molecule has 0 saturated carbocycles. The molecule has 0 spiro atoms. The summed E-state index contributed by atoms with van der Waals surface area (Å²) in [6.45, 7) is 2.73. The third-order valence-electron chi connectivity index (χ3n) is 3.42. The maximum atomic E-state index is 5.97. The van der Waals surface area contributed by atoms with Crippen molar-refractivity contribution in [3.05, 3.63) is 53.9 Å². The van der Waals surface area contributed by atoms with Crippen LogP contribution in [-0.4, -0.2) is 29.5 Å². The first-order valence-electron chi connectivity index (χ1n) is 7.06. The second-order valence-corrected chi connectivity index (χ2v) is 4.91. The van der Waals surface area contributed by atoms with Crippen LogP contribution in [0.15, 0.2) is 42.7 Å². The van der Waals surface area contributed by atoms with Crippen LogP contribution in [0.1, 0.15) is 24.2 Å². The Kier molecular flexibility index (Phi) is 5.32. The minimum atomic E-state index is 0.0476. The highest BCUT2D eigenvalue weighted by atomic mass is 16.5. The highest BCUT2D eigenvalue weighted by Gasteiger charge is 2.22. The minimum absolute atomic E-state index is 0.0476. The monoisotopic (exact) mass is 273 g/mol.